The summed E-state index contributed by atoms with van der Waals surface area (Å²) in [6.07, 6.45) is 5.41. The second-order valence-corrected chi connectivity index (χ2v) is 6.12. The van der Waals surface area contributed by atoms with Gasteiger partial charge >= 0.3 is 0 Å². The first-order valence-electron chi connectivity index (χ1n) is 6.67. The normalized spacial score (nSPS) is 17.4. The van der Waals surface area contributed by atoms with Crippen molar-refractivity contribution in [2.45, 2.75) is 39.7 Å². The van der Waals surface area contributed by atoms with E-state index in [2.05, 4.69) is 28.7 Å². The highest BCUT2D eigenvalue weighted by molar-refractivity contribution is 14.0. The predicted molar refractivity (Wildman–Crippen MR) is 92.2 cm³/mol. The Bertz CT molecular complexity index is 411. The number of aliphatic imine (C=N–C) groups is 1. The van der Waals surface area contributed by atoms with Gasteiger partial charge in [-0.05, 0) is 25.2 Å². The Morgan fingerprint density at radius 1 is 1.53 bits per heavy atom. The molecule has 0 amide bonds. The number of rotatable bonds is 3. The van der Waals surface area contributed by atoms with Crippen molar-refractivity contribution in [3.05, 3.63) is 16.1 Å². The Labute approximate surface area is 136 Å². The number of halogens is 1. The molecule has 0 saturated carbocycles. The minimum atomic E-state index is 0. The van der Waals surface area contributed by atoms with Crippen molar-refractivity contribution in [1.29, 1.82) is 0 Å². The van der Waals surface area contributed by atoms with Crippen molar-refractivity contribution < 1.29 is 0 Å². The molecule has 0 unspecified atom stereocenters. The number of hydrogen-bond acceptors (Lipinski definition) is 3. The fourth-order valence-electron chi connectivity index (χ4n) is 2.07. The quantitative estimate of drug-likeness (QED) is 0.487. The summed E-state index contributed by atoms with van der Waals surface area (Å²) in [7, 11) is 0. The van der Waals surface area contributed by atoms with Crippen LogP contribution < -0.4 is 5.73 Å². The molecule has 2 heterocycles. The lowest BCUT2D eigenvalue weighted by atomic mass is 10.00. The van der Waals surface area contributed by atoms with Crippen molar-refractivity contribution in [1.82, 2.24) is 9.88 Å². The van der Waals surface area contributed by atoms with Gasteiger partial charge in [0, 0.05) is 24.2 Å². The van der Waals surface area contributed by atoms with E-state index in [1.165, 1.54) is 17.7 Å². The molecule has 0 aliphatic carbocycles. The molecule has 0 bridgehead atoms. The summed E-state index contributed by atoms with van der Waals surface area (Å²) >= 11 is 1.73. The maximum absolute atomic E-state index is 6.03. The third kappa shape index (κ3) is 4.91. The highest BCUT2D eigenvalue weighted by atomic mass is 127. The molecule has 4 nitrogen and oxygen atoms in total. The number of nitrogens with zero attached hydrogens (tertiary/aromatic N) is 3. The van der Waals surface area contributed by atoms with Crippen molar-refractivity contribution >= 4 is 41.3 Å². The Kier molecular flexibility index (Phi) is 7.06. The first-order valence-corrected chi connectivity index (χ1v) is 7.49. The molecule has 2 rings (SSSR count). The van der Waals surface area contributed by atoms with E-state index in [4.69, 9.17) is 5.73 Å². The topological polar surface area (TPSA) is 54.5 Å². The third-order valence-electron chi connectivity index (χ3n) is 3.43. The molecule has 108 valence electrons. The van der Waals surface area contributed by atoms with Crippen LogP contribution in [-0.4, -0.2) is 28.9 Å². The zero-order valence-electron chi connectivity index (χ0n) is 11.6. The van der Waals surface area contributed by atoms with Crippen LogP contribution in [-0.2, 0) is 13.0 Å². The largest absolute Gasteiger partial charge is 0.370 e. The predicted octanol–water partition coefficient (Wildman–Crippen LogP) is 2.87. The lowest BCUT2D eigenvalue weighted by Gasteiger charge is -2.30. The van der Waals surface area contributed by atoms with Gasteiger partial charge in [-0.1, -0.05) is 13.8 Å². The van der Waals surface area contributed by atoms with Crippen LogP contribution in [0.2, 0.25) is 0 Å². The average Bonchev–Trinajstić information content (AvgIpc) is 2.85. The fraction of sp³-hybridized carbons (Fsp3) is 0.692. The number of guanidine groups is 1. The lowest BCUT2D eigenvalue weighted by molar-refractivity contribution is 0.277. The minimum Gasteiger partial charge on any atom is -0.370 e. The summed E-state index contributed by atoms with van der Waals surface area (Å²) < 4.78 is 0. The SMILES string of the molecule is CCc1cnc(CN=C(N)N2CCC(C)CC2)s1.I. The molecule has 0 aromatic carbocycles. The molecular formula is C13H23IN4S. The Hall–Kier alpha value is -0.370. The van der Waals surface area contributed by atoms with Gasteiger partial charge in [0.2, 0.25) is 0 Å². The number of nitrogens with two attached hydrogens (primary N) is 1. The monoisotopic (exact) mass is 394 g/mol. The van der Waals surface area contributed by atoms with E-state index in [1.807, 2.05) is 6.20 Å². The van der Waals surface area contributed by atoms with Gasteiger partial charge in [-0.15, -0.1) is 35.3 Å². The number of aryl methyl sites for hydroxylation is 1. The van der Waals surface area contributed by atoms with E-state index < -0.39 is 0 Å². The van der Waals surface area contributed by atoms with Crippen LogP contribution in [0.4, 0.5) is 0 Å². The number of piperidine rings is 1. The Balaban J connectivity index is 0.00000180. The number of thiazole rings is 1. The number of hydrogen-bond donors (Lipinski definition) is 1. The summed E-state index contributed by atoms with van der Waals surface area (Å²) in [6, 6.07) is 0. The zero-order chi connectivity index (χ0) is 13.0. The molecule has 1 aromatic rings. The van der Waals surface area contributed by atoms with Crippen molar-refractivity contribution in [2.24, 2.45) is 16.6 Å². The molecule has 2 N–H and O–H groups in total. The fourth-order valence-corrected chi connectivity index (χ4v) is 2.86. The van der Waals surface area contributed by atoms with Gasteiger partial charge in [0.25, 0.3) is 0 Å². The Morgan fingerprint density at radius 2 is 2.21 bits per heavy atom. The lowest BCUT2D eigenvalue weighted by Crippen LogP contribution is -2.42. The van der Waals surface area contributed by atoms with Gasteiger partial charge < -0.3 is 10.6 Å². The molecular weight excluding hydrogens is 371 g/mol. The molecule has 1 aliphatic rings. The van der Waals surface area contributed by atoms with E-state index in [-0.39, 0.29) is 24.0 Å². The average molecular weight is 394 g/mol. The van der Waals surface area contributed by atoms with Crippen LogP contribution in [0.15, 0.2) is 11.2 Å². The third-order valence-corrected chi connectivity index (χ3v) is 4.56. The summed E-state index contributed by atoms with van der Waals surface area (Å²) in [5, 5.41) is 1.06. The van der Waals surface area contributed by atoms with Crippen LogP contribution in [0.1, 0.15) is 36.6 Å². The molecule has 0 spiro atoms. The van der Waals surface area contributed by atoms with Gasteiger partial charge in [0.15, 0.2) is 5.96 Å². The van der Waals surface area contributed by atoms with Crippen LogP contribution in [0.3, 0.4) is 0 Å². The van der Waals surface area contributed by atoms with Crippen LogP contribution >= 0.6 is 35.3 Å². The Morgan fingerprint density at radius 3 is 2.79 bits per heavy atom. The second-order valence-electron chi connectivity index (χ2n) is 4.92. The van der Waals surface area contributed by atoms with E-state index >= 15 is 0 Å². The summed E-state index contributed by atoms with van der Waals surface area (Å²) in [6.45, 7) is 7.13. The van der Waals surface area contributed by atoms with E-state index in [1.54, 1.807) is 11.3 Å². The van der Waals surface area contributed by atoms with Gasteiger partial charge in [-0.25, -0.2) is 9.98 Å². The molecule has 1 fully saturated rings. The van der Waals surface area contributed by atoms with E-state index in [0.717, 1.165) is 30.4 Å². The molecule has 1 aliphatic heterocycles. The minimum absolute atomic E-state index is 0. The van der Waals surface area contributed by atoms with E-state index in [9.17, 15) is 0 Å². The molecule has 6 heteroatoms. The second kappa shape index (κ2) is 8.04. The molecule has 0 atom stereocenters. The highest BCUT2D eigenvalue weighted by Gasteiger charge is 2.16. The van der Waals surface area contributed by atoms with Crippen molar-refractivity contribution in [2.75, 3.05) is 13.1 Å². The van der Waals surface area contributed by atoms with Gasteiger partial charge in [0.05, 0.1) is 6.54 Å². The summed E-state index contributed by atoms with van der Waals surface area (Å²) in [4.78, 5) is 12.3. The number of aromatic nitrogens is 1. The van der Waals surface area contributed by atoms with Gasteiger partial charge in [0.1, 0.15) is 5.01 Å². The van der Waals surface area contributed by atoms with Crippen LogP contribution in [0.25, 0.3) is 0 Å². The maximum atomic E-state index is 6.03. The van der Waals surface area contributed by atoms with Gasteiger partial charge in [-0.2, -0.15) is 0 Å². The van der Waals surface area contributed by atoms with E-state index in [0.29, 0.717) is 12.5 Å². The summed E-state index contributed by atoms with van der Waals surface area (Å²) in [5.41, 5.74) is 6.03. The zero-order valence-corrected chi connectivity index (χ0v) is 14.8. The first-order chi connectivity index (χ1) is 8.69. The first kappa shape index (κ1) is 16.7. The molecule has 1 saturated heterocycles. The van der Waals surface area contributed by atoms with Gasteiger partial charge in [-0.3, -0.25) is 0 Å². The molecule has 19 heavy (non-hydrogen) atoms. The number of likely N-dealkylation sites (tertiary alicyclic amines) is 1. The smallest absolute Gasteiger partial charge is 0.191 e. The molecule has 1 aromatic heterocycles. The standard InChI is InChI=1S/C13H22N4S.HI/c1-3-11-8-15-12(18-11)9-16-13(14)17-6-4-10(2)5-7-17;/h8,10H,3-7,9H2,1-2H3,(H2,14,16);1H. The summed E-state index contributed by atoms with van der Waals surface area (Å²) in [5.74, 6) is 1.50. The van der Waals surface area contributed by atoms with Crippen LogP contribution in [0.5, 0.6) is 0 Å². The molecule has 0 radical (unpaired) electrons. The highest BCUT2D eigenvalue weighted by Crippen LogP contribution is 2.17. The maximum Gasteiger partial charge on any atom is 0.191 e. The van der Waals surface area contributed by atoms with Crippen LogP contribution in [0, 0.1) is 5.92 Å². The van der Waals surface area contributed by atoms with Crippen molar-refractivity contribution in [3.8, 4) is 0 Å². The van der Waals surface area contributed by atoms with Crippen molar-refractivity contribution in [3.63, 3.8) is 0 Å².